The number of aromatic nitrogens is 2. The van der Waals surface area contributed by atoms with Crippen molar-refractivity contribution in [1.29, 1.82) is 0 Å². The van der Waals surface area contributed by atoms with Crippen LogP contribution in [0.2, 0.25) is 0 Å². The molecule has 0 radical (unpaired) electrons. The summed E-state index contributed by atoms with van der Waals surface area (Å²) in [6, 6.07) is 1.37. The van der Waals surface area contributed by atoms with E-state index >= 15 is 0 Å². The van der Waals surface area contributed by atoms with E-state index in [1.54, 1.807) is 0 Å². The number of aliphatic hydroxyl groups is 1. The molecule has 0 spiro atoms. The van der Waals surface area contributed by atoms with Crippen LogP contribution in [-0.4, -0.2) is 33.0 Å². The van der Waals surface area contributed by atoms with Crippen LogP contribution in [0.15, 0.2) is 29.7 Å². The van der Waals surface area contributed by atoms with E-state index in [2.05, 4.69) is 11.6 Å². The number of nitrogens with zero attached hydrogens (tertiary/aromatic N) is 2. The van der Waals surface area contributed by atoms with Crippen LogP contribution in [0, 0.1) is 0 Å². The van der Waals surface area contributed by atoms with Gasteiger partial charge in [-0.25, -0.2) is 9.18 Å². The number of nitrogens with two attached hydrogens (primary N) is 1. The van der Waals surface area contributed by atoms with Crippen LogP contribution < -0.4 is 11.4 Å². The fraction of sp³-hybridized carbons (Fsp3) is 0.455. The first-order valence-corrected chi connectivity index (χ1v) is 5.47. The van der Waals surface area contributed by atoms with Gasteiger partial charge in [0.2, 0.25) is 0 Å². The number of hydrogen-bond donors (Lipinski definition) is 2. The minimum absolute atomic E-state index is 0.0489. The summed E-state index contributed by atoms with van der Waals surface area (Å²) in [6.45, 7) is 3.50. The van der Waals surface area contributed by atoms with Crippen molar-refractivity contribution >= 4 is 5.82 Å². The van der Waals surface area contributed by atoms with E-state index in [-0.39, 0.29) is 5.82 Å². The standard InChI is InChI=1S/C11H14FN3O3/c1-2-3-6-9(16)8(12)10(18-6)15-5-4-7(13)14-11(15)17/h2,4-6,8-10,16H,1,3H2,(H2,13,14,17). The summed E-state index contributed by atoms with van der Waals surface area (Å²) in [5.74, 6) is 0.0489. The zero-order valence-corrected chi connectivity index (χ0v) is 9.57. The highest BCUT2D eigenvalue weighted by Gasteiger charge is 2.44. The Morgan fingerprint density at radius 3 is 3.06 bits per heavy atom. The van der Waals surface area contributed by atoms with Crippen LogP contribution in [0.3, 0.4) is 0 Å². The van der Waals surface area contributed by atoms with E-state index in [0.29, 0.717) is 6.42 Å². The molecule has 0 bridgehead atoms. The molecule has 1 saturated heterocycles. The van der Waals surface area contributed by atoms with Gasteiger partial charge in [0, 0.05) is 6.20 Å². The highest BCUT2D eigenvalue weighted by atomic mass is 19.1. The largest absolute Gasteiger partial charge is 0.387 e. The molecule has 1 aliphatic heterocycles. The van der Waals surface area contributed by atoms with Gasteiger partial charge in [-0.1, -0.05) is 6.08 Å². The summed E-state index contributed by atoms with van der Waals surface area (Å²) >= 11 is 0. The van der Waals surface area contributed by atoms with Crippen molar-refractivity contribution < 1.29 is 14.2 Å². The maximum absolute atomic E-state index is 13.9. The van der Waals surface area contributed by atoms with Crippen molar-refractivity contribution in [3.63, 3.8) is 0 Å². The maximum atomic E-state index is 13.9. The van der Waals surface area contributed by atoms with E-state index in [9.17, 15) is 14.3 Å². The lowest BCUT2D eigenvalue weighted by Crippen LogP contribution is -2.33. The number of ether oxygens (including phenoxy) is 1. The SMILES string of the molecule is C=CCC1OC(n2ccc(N)nc2=O)C(F)C1O. The number of nitrogen functional groups attached to an aromatic ring is 1. The molecule has 2 rings (SSSR count). The second kappa shape index (κ2) is 4.87. The van der Waals surface area contributed by atoms with Crippen molar-refractivity contribution in [3.8, 4) is 0 Å². The predicted octanol–water partition coefficient (Wildman–Crippen LogP) is -0.00200. The lowest BCUT2D eigenvalue weighted by Gasteiger charge is -2.15. The van der Waals surface area contributed by atoms with E-state index in [4.69, 9.17) is 10.5 Å². The Morgan fingerprint density at radius 2 is 2.44 bits per heavy atom. The van der Waals surface area contributed by atoms with Crippen molar-refractivity contribution in [2.45, 2.75) is 31.0 Å². The first-order valence-electron chi connectivity index (χ1n) is 5.47. The van der Waals surface area contributed by atoms with E-state index < -0.39 is 30.3 Å². The summed E-state index contributed by atoms with van der Waals surface area (Å²) in [7, 11) is 0. The van der Waals surface area contributed by atoms with Gasteiger partial charge < -0.3 is 15.6 Å². The molecule has 18 heavy (non-hydrogen) atoms. The van der Waals surface area contributed by atoms with Gasteiger partial charge in [-0.05, 0) is 12.5 Å². The molecule has 1 fully saturated rings. The Morgan fingerprint density at radius 1 is 1.72 bits per heavy atom. The Labute approximate surface area is 103 Å². The number of aliphatic hydroxyl groups excluding tert-OH is 1. The van der Waals surface area contributed by atoms with Crippen molar-refractivity contribution in [3.05, 3.63) is 35.4 Å². The van der Waals surface area contributed by atoms with Crippen LogP contribution in [0.5, 0.6) is 0 Å². The fourth-order valence-electron chi connectivity index (χ4n) is 1.91. The number of halogens is 1. The number of alkyl halides is 1. The Bertz CT molecular complexity index is 505. The van der Waals surface area contributed by atoms with E-state index in [1.807, 2.05) is 0 Å². The van der Waals surface area contributed by atoms with Gasteiger partial charge in [-0.15, -0.1) is 6.58 Å². The molecule has 6 nitrogen and oxygen atoms in total. The first-order chi connectivity index (χ1) is 8.54. The normalized spacial score (nSPS) is 31.4. The zero-order chi connectivity index (χ0) is 13.3. The van der Waals surface area contributed by atoms with Crippen LogP contribution in [-0.2, 0) is 4.74 Å². The Balaban J connectivity index is 2.29. The molecule has 4 unspecified atom stereocenters. The van der Waals surface area contributed by atoms with Crippen molar-refractivity contribution in [1.82, 2.24) is 9.55 Å². The average Bonchev–Trinajstić information content (AvgIpc) is 2.58. The third-order valence-electron chi connectivity index (χ3n) is 2.82. The third kappa shape index (κ3) is 2.14. The molecule has 3 N–H and O–H groups in total. The number of rotatable bonds is 3. The lowest BCUT2D eigenvalue weighted by atomic mass is 10.1. The number of anilines is 1. The third-order valence-corrected chi connectivity index (χ3v) is 2.82. The van der Waals surface area contributed by atoms with Crippen molar-refractivity contribution in [2.75, 3.05) is 5.73 Å². The van der Waals surface area contributed by atoms with Crippen LogP contribution in [0.25, 0.3) is 0 Å². The average molecular weight is 255 g/mol. The van der Waals surface area contributed by atoms with Gasteiger partial charge in [0.25, 0.3) is 0 Å². The van der Waals surface area contributed by atoms with Crippen LogP contribution in [0.1, 0.15) is 12.6 Å². The van der Waals surface area contributed by atoms with Crippen LogP contribution >= 0.6 is 0 Å². The minimum Gasteiger partial charge on any atom is -0.387 e. The molecule has 7 heteroatoms. The molecule has 0 aliphatic carbocycles. The second-order valence-electron chi connectivity index (χ2n) is 4.07. The van der Waals surface area contributed by atoms with Gasteiger partial charge in [-0.3, -0.25) is 4.57 Å². The zero-order valence-electron chi connectivity index (χ0n) is 9.57. The van der Waals surface area contributed by atoms with Gasteiger partial charge in [-0.2, -0.15) is 4.98 Å². The summed E-state index contributed by atoms with van der Waals surface area (Å²) in [6.07, 6.45) is -1.78. The molecule has 1 aromatic heterocycles. The van der Waals surface area contributed by atoms with E-state index in [0.717, 1.165) is 4.57 Å². The molecule has 4 atom stereocenters. The molecule has 98 valence electrons. The molecule has 1 aromatic rings. The molecule has 1 aliphatic rings. The predicted molar refractivity (Wildman–Crippen MR) is 62.5 cm³/mol. The molecule has 2 heterocycles. The Hall–Kier alpha value is -1.73. The summed E-state index contributed by atoms with van der Waals surface area (Å²) in [4.78, 5) is 15.1. The molecular weight excluding hydrogens is 241 g/mol. The first kappa shape index (κ1) is 12.7. The minimum atomic E-state index is -1.70. The highest BCUT2D eigenvalue weighted by molar-refractivity contribution is 5.23. The summed E-state index contributed by atoms with van der Waals surface area (Å²) < 4.78 is 20.2. The Kier molecular flexibility index (Phi) is 3.44. The summed E-state index contributed by atoms with van der Waals surface area (Å²) in [5.41, 5.74) is 4.63. The van der Waals surface area contributed by atoms with Gasteiger partial charge >= 0.3 is 5.69 Å². The molecular formula is C11H14FN3O3. The maximum Gasteiger partial charge on any atom is 0.351 e. The summed E-state index contributed by atoms with van der Waals surface area (Å²) in [5, 5.41) is 9.66. The van der Waals surface area contributed by atoms with Gasteiger partial charge in [0.05, 0.1) is 6.10 Å². The van der Waals surface area contributed by atoms with Gasteiger partial charge in [0.1, 0.15) is 11.9 Å². The number of hydrogen-bond acceptors (Lipinski definition) is 5. The molecule has 0 saturated carbocycles. The monoisotopic (exact) mass is 255 g/mol. The highest BCUT2D eigenvalue weighted by Crippen LogP contribution is 2.32. The smallest absolute Gasteiger partial charge is 0.351 e. The van der Waals surface area contributed by atoms with E-state index in [1.165, 1.54) is 18.3 Å². The lowest BCUT2D eigenvalue weighted by molar-refractivity contribution is -0.0251. The second-order valence-corrected chi connectivity index (χ2v) is 4.07. The van der Waals surface area contributed by atoms with Crippen LogP contribution in [0.4, 0.5) is 10.2 Å². The topological polar surface area (TPSA) is 90.4 Å². The molecule has 0 aromatic carbocycles. The van der Waals surface area contributed by atoms with Crippen molar-refractivity contribution in [2.24, 2.45) is 0 Å². The quantitative estimate of drug-likeness (QED) is 0.742. The molecule has 0 amide bonds. The van der Waals surface area contributed by atoms with Gasteiger partial charge in [0.15, 0.2) is 12.4 Å². The fourth-order valence-corrected chi connectivity index (χ4v) is 1.91.